The van der Waals surface area contributed by atoms with Crippen LogP contribution in [-0.2, 0) is 4.79 Å². The summed E-state index contributed by atoms with van der Waals surface area (Å²) in [5, 5.41) is 9.42. The maximum absolute atomic E-state index is 12.4. The minimum absolute atomic E-state index is 0.0219. The molecular weight excluding hydrogens is 240 g/mol. The molecule has 1 N–H and O–H groups in total. The van der Waals surface area contributed by atoms with Crippen LogP contribution in [0.2, 0.25) is 0 Å². The molecule has 1 aromatic carbocycles. The van der Waals surface area contributed by atoms with Crippen LogP contribution in [-0.4, -0.2) is 48.2 Å². The number of piperazine rings is 1. The lowest BCUT2D eigenvalue weighted by Gasteiger charge is -2.42. The normalized spacial score (nSPS) is 24.9. The van der Waals surface area contributed by atoms with E-state index in [1.807, 2.05) is 37.1 Å². The van der Waals surface area contributed by atoms with Crippen molar-refractivity contribution in [2.45, 2.75) is 32.9 Å². The number of carbonyl (C=O) groups is 1. The standard InChI is InChI=1S/C15H22N2O2/c1-10-5-6-13(7-11(10)2)17-8-12(3)16(4)14(9-18)15(17)19/h5-7,12,14,18H,8-9H2,1-4H3. The van der Waals surface area contributed by atoms with E-state index >= 15 is 0 Å². The molecule has 2 atom stereocenters. The molecule has 0 aromatic heterocycles. The van der Waals surface area contributed by atoms with Gasteiger partial charge in [-0.2, -0.15) is 0 Å². The molecule has 4 heteroatoms. The van der Waals surface area contributed by atoms with Crippen LogP contribution >= 0.6 is 0 Å². The SMILES string of the molecule is Cc1ccc(N2CC(C)N(C)C(CO)C2=O)cc1C. The Labute approximate surface area is 114 Å². The van der Waals surface area contributed by atoms with Gasteiger partial charge in [0.1, 0.15) is 6.04 Å². The summed E-state index contributed by atoms with van der Waals surface area (Å²) in [5.74, 6) is -0.0219. The summed E-state index contributed by atoms with van der Waals surface area (Å²) in [6, 6.07) is 5.85. The van der Waals surface area contributed by atoms with Crippen LogP contribution in [0.4, 0.5) is 5.69 Å². The molecule has 0 saturated carbocycles. The number of hydrogen-bond acceptors (Lipinski definition) is 3. The molecule has 2 unspecified atom stereocenters. The van der Waals surface area contributed by atoms with E-state index in [-0.39, 0.29) is 18.6 Å². The fraction of sp³-hybridized carbons (Fsp3) is 0.533. The average Bonchev–Trinajstić information content (AvgIpc) is 2.38. The molecule has 1 fully saturated rings. The van der Waals surface area contributed by atoms with Crippen molar-refractivity contribution in [2.75, 3.05) is 25.1 Å². The van der Waals surface area contributed by atoms with Gasteiger partial charge in [-0.3, -0.25) is 9.69 Å². The van der Waals surface area contributed by atoms with E-state index in [1.54, 1.807) is 4.90 Å². The summed E-state index contributed by atoms with van der Waals surface area (Å²) in [6.45, 7) is 6.70. The zero-order valence-corrected chi connectivity index (χ0v) is 12.1. The molecule has 2 rings (SSSR count). The number of benzene rings is 1. The average molecular weight is 262 g/mol. The maximum atomic E-state index is 12.4. The molecule has 0 aliphatic carbocycles. The zero-order chi connectivity index (χ0) is 14.2. The van der Waals surface area contributed by atoms with Crippen molar-refractivity contribution in [3.8, 4) is 0 Å². The summed E-state index contributed by atoms with van der Waals surface area (Å²) in [4.78, 5) is 16.2. The van der Waals surface area contributed by atoms with Crippen molar-refractivity contribution in [3.05, 3.63) is 29.3 Å². The Morgan fingerprint density at radius 1 is 1.32 bits per heavy atom. The van der Waals surface area contributed by atoms with E-state index in [9.17, 15) is 9.90 Å². The fourth-order valence-electron chi connectivity index (χ4n) is 2.48. The monoisotopic (exact) mass is 262 g/mol. The third-order valence-corrected chi connectivity index (χ3v) is 4.16. The maximum Gasteiger partial charge on any atom is 0.246 e. The lowest BCUT2D eigenvalue weighted by Crippen LogP contribution is -2.61. The molecule has 0 radical (unpaired) electrons. The number of hydrogen-bond donors (Lipinski definition) is 1. The van der Waals surface area contributed by atoms with Gasteiger partial charge in [0.15, 0.2) is 0 Å². The molecule has 4 nitrogen and oxygen atoms in total. The van der Waals surface area contributed by atoms with Gasteiger partial charge in [0.05, 0.1) is 6.61 Å². The topological polar surface area (TPSA) is 43.8 Å². The molecule has 0 spiro atoms. The second kappa shape index (κ2) is 5.31. The van der Waals surface area contributed by atoms with Crippen molar-refractivity contribution in [2.24, 2.45) is 0 Å². The number of amides is 1. The minimum atomic E-state index is -0.439. The predicted molar refractivity (Wildman–Crippen MR) is 76.4 cm³/mol. The van der Waals surface area contributed by atoms with Gasteiger partial charge in [0.25, 0.3) is 0 Å². The van der Waals surface area contributed by atoms with Crippen molar-refractivity contribution in [3.63, 3.8) is 0 Å². The van der Waals surface area contributed by atoms with E-state index in [4.69, 9.17) is 0 Å². The summed E-state index contributed by atoms with van der Waals surface area (Å²) in [5.41, 5.74) is 3.32. The first-order valence-electron chi connectivity index (χ1n) is 6.67. The van der Waals surface area contributed by atoms with E-state index in [0.717, 1.165) is 5.69 Å². The highest BCUT2D eigenvalue weighted by Crippen LogP contribution is 2.24. The molecule has 1 aliphatic heterocycles. The number of nitrogens with zero attached hydrogens (tertiary/aromatic N) is 2. The fourth-order valence-corrected chi connectivity index (χ4v) is 2.48. The van der Waals surface area contributed by atoms with Crippen LogP contribution in [0.1, 0.15) is 18.1 Å². The van der Waals surface area contributed by atoms with E-state index < -0.39 is 6.04 Å². The number of likely N-dealkylation sites (N-methyl/N-ethyl adjacent to an activating group) is 1. The third kappa shape index (κ3) is 2.51. The Bertz CT molecular complexity index is 487. The Morgan fingerprint density at radius 3 is 2.58 bits per heavy atom. The lowest BCUT2D eigenvalue weighted by atomic mass is 10.0. The highest BCUT2D eigenvalue weighted by atomic mass is 16.3. The van der Waals surface area contributed by atoms with Crippen molar-refractivity contribution in [1.82, 2.24) is 4.90 Å². The number of aryl methyl sites for hydroxylation is 2. The molecule has 104 valence electrons. The predicted octanol–water partition coefficient (Wildman–Crippen LogP) is 1.33. The van der Waals surface area contributed by atoms with Crippen molar-refractivity contribution in [1.29, 1.82) is 0 Å². The molecule has 0 bridgehead atoms. The van der Waals surface area contributed by atoms with Gasteiger partial charge >= 0.3 is 0 Å². The molecular formula is C15H22N2O2. The van der Waals surface area contributed by atoms with Crippen LogP contribution in [0.3, 0.4) is 0 Å². The Hall–Kier alpha value is -1.39. The van der Waals surface area contributed by atoms with Crippen LogP contribution in [0, 0.1) is 13.8 Å². The lowest BCUT2D eigenvalue weighted by molar-refractivity contribution is -0.128. The molecule has 1 aromatic rings. The van der Waals surface area contributed by atoms with Crippen LogP contribution in [0.25, 0.3) is 0 Å². The van der Waals surface area contributed by atoms with Gasteiger partial charge in [-0.1, -0.05) is 6.07 Å². The van der Waals surface area contributed by atoms with Gasteiger partial charge in [0.2, 0.25) is 5.91 Å². The van der Waals surface area contributed by atoms with E-state index in [0.29, 0.717) is 6.54 Å². The molecule has 1 heterocycles. The number of aliphatic hydroxyl groups excluding tert-OH is 1. The Morgan fingerprint density at radius 2 is 2.00 bits per heavy atom. The van der Waals surface area contributed by atoms with E-state index in [2.05, 4.69) is 13.8 Å². The minimum Gasteiger partial charge on any atom is -0.394 e. The van der Waals surface area contributed by atoms with Gasteiger partial charge in [-0.25, -0.2) is 0 Å². The van der Waals surface area contributed by atoms with Gasteiger partial charge in [0, 0.05) is 18.3 Å². The Balaban J connectivity index is 2.33. The van der Waals surface area contributed by atoms with Gasteiger partial charge in [-0.05, 0) is 51.1 Å². The number of rotatable bonds is 2. The van der Waals surface area contributed by atoms with Gasteiger partial charge in [-0.15, -0.1) is 0 Å². The summed E-state index contributed by atoms with van der Waals surface area (Å²) in [7, 11) is 1.89. The molecule has 1 amide bonds. The van der Waals surface area contributed by atoms with Gasteiger partial charge < -0.3 is 10.0 Å². The first-order valence-corrected chi connectivity index (χ1v) is 6.67. The second-order valence-electron chi connectivity index (χ2n) is 5.43. The number of aliphatic hydroxyl groups is 1. The van der Waals surface area contributed by atoms with Crippen molar-refractivity contribution >= 4 is 11.6 Å². The van der Waals surface area contributed by atoms with Crippen molar-refractivity contribution < 1.29 is 9.90 Å². The Kier molecular flexibility index (Phi) is 3.92. The zero-order valence-electron chi connectivity index (χ0n) is 12.1. The summed E-state index contributed by atoms with van der Waals surface area (Å²) in [6.07, 6.45) is 0. The number of anilines is 1. The molecule has 1 aliphatic rings. The second-order valence-corrected chi connectivity index (χ2v) is 5.43. The highest BCUT2D eigenvalue weighted by Gasteiger charge is 2.36. The van der Waals surface area contributed by atoms with Crippen LogP contribution in [0.5, 0.6) is 0 Å². The highest BCUT2D eigenvalue weighted by molar-refractivity contribution is 5.98. The first kappa shape index (κ1) is 14.0. The van der Waals surface area contributed by atoms with E-state index in [1.165, 1.54) is 11.1 Å². The smallest absolute Gasteiger partial charge is 0.246 e. The number of carbonyl (C=O) groups excluding carboxylic acids is 1. The molecule has 19 heavy (non-hydrogen) atoms. The largest absolute Gasteiger partial charge is 0.394 e. The quantitative estimate of drug-likeness (QED) is 0.874. The molecule has 1 saturated heterocycles. The summed E-state index contributed by atoms with van der Waals surface area (Å²) < 4.78 is 0. The summed E-state index contributed by atoms with van der Waals surface area (Å²) >= 11 is 0. The third-order valence-electron chi connectivity index (χ3n) is 4.16. The first-order chi connectivity index (χ1) is 8.95. The van der Waals surface area contributed by atoms with Crippen LogP contribution in [0.15, 0.2) is 18.2 Å². The van der Waals surface area contributed by atoms with Crippen LogP contribution < -0.4 is 4.90 Å².